The molecule has 4 amide bonds. The molecule has 11 heteroatoms. The van der Waals surface area contributed by atoms with Crippen molar-refractivity contribution in [1.82, 2.24) is 25.5 Å². The number of benzene rings is 1. The van der Waals surface area contributed by atoms with Crippen molar-refractivity contribution < 1.29 is 23.5 Å². The Morgan fingerprint density at radius 3 is 2.81 bits per heavy atom. The van der Waals surface area contributed by atoms with Gasteiger partial charge in [-0.05, 0) is 48.9 Å². The molecule has 4 aromatic rings. The van der Waals surface area contributed by atoms with E-state index in [1.54, 1.807) is 54.4 Å². The van der Waals surface area contributed by atoms with Crippen molar-refractivity contribution in [1.29, 1.82) is 0 Å². The van der Waals surface area contributed by atoms with E-state index in [9.17, 15) is 14.4 Å². The number of aromatic nitrogens is 2. The number of hydrogen-bond donors (Lipinski definition) is 3. The second-order valence-electron chi connectivity index (χ2n) is 8.89. The molecule has 0 bridgehead atoms. The maximum absolute atomic E-state index is 13.2. The zero-order valence-corrected chi connectivity index (χ0v) is 20.1. The minimum Gasteiger partial charge on any atom is -0.497 e. The number of carbonyl (C=O) groups excluding carboxylic acids is 3. The lowest BCUT2D eigenvalue weighted by molar-refractivity contribution is -0.108. The number of anilines is 1. The number of methoxy groups -OCH3 is 1. The summed E-state index contributed by atoms with van der Waals surface area (Å²) < 4.78 is 11.3. The number of rotatable bonds is 7. The average molecular weight is 501 g/mol. The first kappa shape index (κ1) is 23.8. The van der Waals surface area contributed by atoms with E-state index >= 15 is 0 Å². The van der Waals surface area contributed by atoms with E-state index in [0.717, 1.165) is 11.1 Å². The van der Waals surface area contributed by atoms with Crippen molar-refractivity contribution in [3.8, 4) is 17.0 Å². The Hall–Kier alpha value is -4.93. The van der Waals surface area contributed by atoms with Crippen LogP contribution >= 0.6 is 0 Å². The van der Waals surface area contributed by atoms with Gasteiger partial charge in [-0.25, -0.2) is 14.8 Å². The number of pyridine rings is 2. The Bertz CT molecular complexity index is 1520. The average Bonchev–Trinajstić information content (AvgIpc) is 3.45. The first-order valence-corrected chi connectivity index (χ1v) is 11.4. The fourth-order valence-corrected chi connectivity index (χ4v) is 4.41. The van der Waals surface area contributed by atoms with Gasteiger partial charge in [0.05, 0.1) is 19.3 Å². The Kier molecular flexibility index (Phi) is 5.96. The molecule has 1 atom stereocenters. The molecule has 0 radical (unpaired) electrons. The topological polar surface area (TPSA) is 153 Å². The second kappa shape index (κ2) is 9.26. The molecule has 0 saturated carbocycles. The zero-order valence-electron chi connectivity index (χ0n) is 20.1. The molecule has 188 valence electrons. The summed E-state index contributed by atoms with van der Waals surface area (Å²) in [7, 11) is 1.54. The summed E-state index contributed by atoms with van der Waals surface area (Å²) in [6.07, 6.45) is 1.91. The van der Waals surface area contributed by atoms with E-state index in [1.807, 2.05) is 12.1 Å². The number of urea groups is 1. The molecule has 1 aromatic carbocycles. The molecule has 37 heavy (non-hydrogen) atoms. The Morgan fingerprint density at radius 1 is 1.24 bits per heavy atom. The van der Waals surface area contributed by atoms with Crippen molar-refractivity contribution in [3.63, 3.8) is 0 Å². The summed E-state index contributed by atoms with van der Waals surface area (Å²) in [5.41, 5.74) is 8.36. The summed E-state index contributed by atoms with van der Waals surface area (Å²) in [6, 6.07) is 13.4. The summed E-state index contributed by atoms with van der Waals surface area (Å²) in [6.45, 7) is 2.14. The van der Waals surface area contributed by atoms with Gasteiger partial charge in [0.15, 0.2) is 5.58 Å². The highest BCUT2D eigenvalue weighted by molar-refractivity contribution is 5.99. The van der Waals surface area contributed by atoms with Crippen molar-refractivity contribution >= 4 is 35.3 Å². The van der Waals surface area contributed by atoms with E-state index in [2.05, 4.69) is 20.6 Å². The molecule has 3 aromatic heterocycles. The molecule has 0 aliphatic carbocycles. The third-order valence-electron chi connectivity index (χ3n) is 6.28. The highest BCUT2D eigenvalue weighted by Crippen LogP contribution is 2.33. The van der Waals surface area contributed by atoms with Gasteiger partial charge >= 0.3 is 6.03 Å². The first-order chi connectivity index (χ1) is 17.8. The lowest BCUT2D eigenvalue weighted by Gasteiger charge is -2.32. The van der Waals surface area contributed by atoms with E-state index < -0.39 is 11.6 Å². The molecule has 1 aliphatic heterocycles. The molecule has 0 saturated heterocycles. The van der Waals surface area contributed by atoms with Crippen molar-refractivity contribution in [2.45, 2.75) is 19.0 Å². The van der Waals surface area contributed by atoms with Crippen molar-refractivity contribution in [2.75, 3.05) is 19.4 Å². The number of furan rings is 1. The van der Waals surface area contributed by atoms with Crippen LogP contribution in [-0.4, -0.2) is 46.9 Å². The number of imide groups is 1. The lowest BCUT2D eigenvalue weighted by Crippen LogP contribution is -2.53. The number of hydrogen-bond acceptors (Lipinski definition) is 8. The van der Waals surface area contributed by atoms with Gasteiger partial charge in [0, 0.05) is 29.9 Å². The van der Waals surface area contributed by atoms with Crippen LogP contribution in [0, 0.1) is 0 Å². The molecule has 0 unspecified atom stereocenters. The van der Waals surface area contributed by atoms with Crippen molar-refractivity contribution in [2.24, 2.45) is 0 Å². The number of nitrogens with one attached hydrogen (secondary N) is 2. The van der Waals surface area contributed by atoms with E-state index in [0.29, 0.717) is 46.2 Å². The fraction of sp³-hybridized carbons (Fsp3) is 0.192. The van der Waals surface area contributed by atoms with Gasteiger partial charge in [-0.15, -0.1) is 0 Å². The Balaban J connectivity index is 1.49. The number of nitrogens with two attached hydrogens (primary N) is 1. The number of ether oxygens (including phenoxy) is 1. The van der Waals surface area contributed by atoms with Crippen LogP contribution in [0.2, 0.25) is 0 Å². The monoisotopic (exact) mass is 500 g/mol. The SMILES string of the molecule is COc1ccc2c(c1)C(=O)N(C[C@](C)(NC(=O)NC=O)c1cc3nc(-c4ccc(N)nc4)ccc3o1)C2. The van der Waals surface area contributed by atoms with Crippen LogP contribution in [0.5, 0.6) is 5.75 Å². The van der Waals surface area contributed by atoms with Crippen molar-refractivity contribution in [3.05, 3.63) is 71.6 Å². The number of amides is 4. The normalized spacial score (nSPS) is 14.2. The van der Waals surface area contributed by atoms with Gasteiger partial charge in [0.1, 0.15) is 28.4 Å². The molecule has 5 rings (SSSR count). The van der Waals surface area contributed by atoms with Gasteiger partial charge in [-0.2, -0.15) is 0 Å². The third kappa shape index (κ3) is 4.54. The minimum absolute atomic E-state index is 0.0731. The molecule has 4 N–H and O–H groups in total. The molecule has 0 fully saturated rings. The van der Waals surface area contributed by atoms with Crippen LogP contribution in [0.25, 0.3) is 22.4 Å². The summed E-state index contributed by atoms with van der Waals surface area (Å²) in [5.74, 6) is 1.15. The largest absolute Gasteiger partial charge is 0.497 e. The number of nitrogen functional groups attached to an aromatic ring is 1. The highest BCUT2D eigenvalue weighted by atomic mass is 16.5. The number of fused-ring (bicyclic) bond motifs is 2. The molecule has 0 spiro atoms. The maximum atomic E-state index is 13.2. The second-order valence-corrected chi connectivity index (χ2v) is 8.89. The highest BCUT2D eigenvalue weighted by Gasteiger charge is 2.39. The standard InChI is InChI=1S/C26H24N6O5/c1-26(31-25(35)29-14-33,13-32-12-16-3-5-17(36-2)9-18(16)24(32)34)22-10-20-21(37-22)7-6-19(30-20)15-4-8-23(27)28-11-15/h3-11,14H,12-13H2,1-2H3,(H2,27,28)(H2,29,31,33,35)/t26-/m0/s1. The van der Waals surface area contributed by atoms with Crippen LogP contribution in [0.3, 0.4) is 0 Å². The smallest absolute Gasteiger partial charge is 0.322 e. The van der Waals surface area contributed by atoms with Crippen LogP contribution < -0.4 is 21.1 Å². The van der Waals surface area contributed by atoms with Crippen LogP contribution in [0.15, 0.2) is 59.1 Å². The maximum Gasteiger partial charge on any atom is 0.322 e. The van der Waals surface area contributed by atoms with Gasteiger partial charge in [-0.1, -0.05) is 6.07 Å². The Morgan fingerprint density at radius 2 is 2.08 bits per heavy atom. The van der Waals surface area contributed by atoms with E-state index in [1.165, 1.54) is 7.11 Å². The van der Waals surface area contributed by atoms with Crippen LogP contribution in [0.1, 0.15) is 28.6 Å². The Labute approximate surface area is 211 Å². The third-order valence-corrected chi connectivity index (χ3v) is 6.28. The van der Waals surface area contributed by atoms with Gasteiger partial charge < -0.3 is 25.1 Å². The van der Waals surface area contributed by atoms with E-state index in [-0.39, 0.29) is 18.9 Å². The molecule has 11 nitrogen and oxygen atoms in total. The van der Waals surface area contributed by atoms with Crippen LogP contribution in [0.4, 0.5) is 10.6 Å². The zero-order chi connectivity index (χ0) is 26.2. The minimum atomic E-state index is -1.20. The predicted octanol–water partition coefficient (Wildman–Crippen LogP) is 2.81. The first-order valence-electron chi connectivity index (χ1n) is 11.4. The van der Waals surface area contributed by atoms with Gasteiger partial charge in [0.25, 0.3) is 5.91 Å². The van der Waals surface area contributed by atoms with Gasteiger partial charge in [-0.3, -0.25) is 14.9 Å². The summed E-state index contributed by atoms with van der Waals surface area (Å²) in [5, 5.41) is 4.86. The molecule has 4 heterocycles. The molecular weight excluding hydrogens is 476 g/mol. The fourth-order valence-electron chi connectivity index (χ4n) is 4.41. The summed E-state index contributed by atoms with van der Waals surface area (Å²) in [4.78, 5) is 46.9. The number of nitrogens with zero attached hydrogens (tertiary/aromatic N) is 3. The molecular formula is C26H24N6O5. The quantitative estimate of drug-likeness (QED) is 0.328. The number of carbonyl (C=O) groups is 3. The molecule has 1 aliphatic rings. The van der Waals surface area contributed by atoms with E-state index in [4.69, 9.17) is 14.9 Å². The van der Waals surface area contributed by atoms with Crippen LogP contribution in [-0.2, 0) is 16.9 Å². The predicted molar refractivity (Wildman–Crippen MR) is 134 cm³/mol. The summed E-state index contributed by atoms with van der Waals surface area (Å²) >= 11 is 0. The van der Waals surface area contributed by atoms with Gasteiger partial charge in [0.2, 0.25) is 6.41 Å². The lowest BCUT2D eigenvalue weighted by atomic mass is 9.98.